The van der Waals surface area contributed by atoms with E-state index >= 15 is 0 Å². The van der Waals surface area contributed by atoms with Crippen molar-refractivity contribution in [3.63, 3.8) is 0 Å². The molecule has 0 aromatic heterocycles. The molecule has 7 nitrogen and oxygen atoms in total. The maximum absolute atomic E-state index is 12.5. The summed E-state index contributed by atoms with van der Waals surface area (Å²) in [6.45, 7) is 1.17. The molecule has 0 heterocycles. The summed E-state index contributed by atoms with van der Waals surface area (Å²) >= 11 is 0. The molecule has 0 N–H and O–H groups in total. The molecule has 0 saturated heterocycles. The number of hydrogen-bond donors (Lipinski definition) is 0. The first-order valence-corrected chi connectivity index (χ1v) is 8.05. The number of ether oxygens (including phenoxy) is 2. The summed E-state index contributed by atoms with van der Waals surface area (Å²) < 4.78 is 9.95. The number of carbonyl (C=O) groups is 2. The van der Waals surface area contributed by atoms with Crippen LogP contribution < -0.4 is 9.47 Å². The van der Waals surface area contributed by atoms with Gasteiger partial charge in [-0.15, -0.1) is 0 Å². The first kappa shape index (κ1) is 19.1. The fraction of sp³-hybridized carbons (Fsp3) is 0.263. The second-order valence-corrected chi connectivity index (χ2v) is 5.61. The molecular formula is C19H19NO6. The zero-order valence-corrected chi connectivity index (χ0v) is 14.6. The first-order valence-electron chi connectivity index (χ1n) is 8.05. The third kappa shape index (κ3) is 4.66. The topological polar surface area (TPSA) is 95.7 Å². The molecule has 0 unspecified atom stereocenters. The highest BCUT2D eigenvalue weighted by molar-refractivity contribution is 6.01. The number of nitrogens with zero attached hydrogens (tertiary/aromatic N) is 1. The second-order valence-electron chi connectivity index (χ2n) is 5.61. The van der Waals surface area contributed by atoms with Gasteiger partial charge in [0.15, 0.2) is 11.5 Å². The Bertz CT molecular complexity index is 816. The Hall–Kier alpha value is -3.22. The van der Waals surface area contributed by atoms with Crippen LogP contribution in [-0.2, 0) is 11.2 Å². The van der Waals surface area contributed by atoms with E-state index in [1.54, 1.807) is 0 Å². The van der Waals surface area contributed by atoms with Crippen LogP contribution in [0.1, 0.15) is 35.7 Å². The molecule has 0 aliphatic heterocycles. The highest BCUT2D eigenvalue weighted by Crippen LogP contribution is 2.40. The van der Waals surface area contributed by atoms with Gasteiger partial charge in [0.05, 0.1) is 17.6 Å². The average Bonchev–Trinajstić information content (AvgIpc) is 2.61. The summed E-state index contributed by atoms with van der Waals surface area (Å²) in [6, 6.07) is 12.3. The monoisotopic (exact) mass is 357 g/mol. The Morgan fingerprint density at radius 2 is 1.81 bits per heavy atom. The van der Waals surface area contributed by atoms with Crippen molar-refractivity contribution in [2.45, 2.75) is 26.2 Å². The van der Waals surface area contributed by atoms with Crippen LogP contribution in [0.4, 0.5) is 5.69 Å². The van der Waals surface area contributed by atoms with E-state index in [0.717, 1.165) is 5.56 Å². The maximum Gasteiger partial charge on any atom is 0.325 e. The maximum atomic E-state index is 12.5. The van der Waals surface area contributed by atoms with Crippen molar-refractivity contribution in [1.29, 1.82) is 0 Å². The summed E-state index contributed by atoms with van der Waals surface area (Å²) in [7, 11) is 1.22. The molecule has 2 aromatic carbocycles. The van der Waals surface area contributed by atoms with E-state index in [-0.39, 0.29) is 29.3 Å². The van der Waals surface area contributed by atoms with Gasteiger partial charge in [0, 0.05) is 13.3 Å². The standard InChI is InChI=1S/C19H19NO6/c1-13(21)26-17-12-11-15(18(20(23)24)19(17)25-2)16(22)10-6-9-14-7-4-3-5-8-14/h3-5,7-8,11-12H,6,9-10H2,1-2H3. The number of hydrogen-bond acceptors (Lipinski definition) is 6. The Balaban J connectivity index is 2.22. The van der Waals surface area contributed by atoms with E-state index in [9.17, 15) is 19.7 Å². The number of methoxy groups -OCH3 is 1. The van der Waals surface area contributed by atoms with E-state index in [1.807, 2.05) is 30.3 Å². The van der Waals surface area contributed by atoms with Gasteiger partial charge in [0.1, 0.15) is 0 Å². The van der Waals surface area contributed by atoms with Crippen molar-refractivity contribution in [3.05, 3.63) is 63.7 Å². The molecule has 0 saturated carbocycles. The smallest absolute Gasteiger partial charge is 0.325 e. The number of rotatable bonds is 8. The quantitative estimate of drug-likeness (QED) is 0.235. The predicted octanol–water partition coefficient (Wildman–Crippen LogP) is 3.73. The normalized spacial score (nSPS) is 10.2. The van der Waals surface area contributed by atoms with Gasteiger partial charge in [-0.1, -0.05) is 30.3 Å². The summed E-state index contributed by atoms with van der Waals surface area (Å²) in [6.07, 6.45) is 1.42. The van der Waals surface area contributed by atoms with Crippen molar-refractivity contribution in [1.82, 2.24) is 0 Å². The van der Waals surface area contributed by atoms with E-state index < -0.39 is 16.6 Å². The van der Waals surface area contributed by atoms with Crippen LogP contribution in [0.5, 0.6) is 11.5 Å². The van der Waals surface area contributed by atoms with Gasteiger partial charge in [-0.3, -0.25) is 19.7 Å². The lowest BCUT2D eigenvalue weighted by molar-refractivity contribution is -0.386. The molecular weight excluding hydrogens is 338 g/mol. The van der Waals surface area contributed by atoms with Crippen LogP contribution in [0.2, 0.25) is 0 Å². The minimum absolute atomic E-state index is 0.0594. The van der Waals surface area contributed by atoms with Gasteiger partial charge in [0.25, 0.3) is 0 Å². The SMILES string of the molecule is COc1c(OC(C)=O)ccc(C(=O)CCCc2ccccc2)c1[N+](=O)[O-]. The average molecular weight is 357 g/mol. The summed E-state index contributed by atoms with van der Waals surface area (Å²) in [5.74, 6) is -1.33. The van der Waals surface area contributed by atoms with Gasteiger partial charge < -0.3 is 9.47 Å². The molecule has 136 valence electrons. The van der Waals surface area contributed by atoms with Gasteiger partial charge in [-0.05, 0) is 30.5 Å². The number of ketones is 1. The summed E-state index contributed by atoms with van der Waals surface area (Å²) in [5, 5.41) is 11.5. The van der Waals surface area contributed by atoms with Crippen LogP contribution in [-0.4, -0.2) is 23.8 Å². The van der Waals surface area contributed by atoms with Crippen LogP contribution in [0.15, 0.2) is 42.5 Å². The summed E-state index contributed by atoms with van der Waals surface area (Å²) in [5.41, 5.74) is 0.546. The molecule has 0 aliphatic rings. The van der Waals surface area contributed by atoms with E-state index in [4.69, 9.17) is 9.47 Å². The molecule has 0 amide bonds. The van der Waals surface area contributed by atoms with Crippen LogP contribution >= 0.6 is 0 Å². The predicted molar refractivity (Wildman–Crippen MR) is 94.7 cm³/mol. The van der Waals surface area contributed by atoms with Crippen molar-refractivity contribution >= 4 is 17.4 Å². The van der Waals surface area contributed by atoms with Gasteiger partial charge >= 0.3 is 11.7 Å². The lowest BCUT2D eigenvalue weighted by Crippen LogP contribution is -2.09. The van der Waals surface area contributed by atoms with Crippen molar-refractivity contribution in [2.75, 3.05) is 7.11 Å². The van der Waals surface area contributed by atoms with Crippen LogP contribution in [0.3, 0.4) is 0 Å². The molecule has 0 atom stereocenters. The van der Waals surface area contributed by atoms with E-state index in [2.05, 4.69) is 0 Å². The molecule has 0 bridgehead atoms. The van der Waals surface area contributed by atoms with Crippen LogP contribution in [0.25, 0.3) is 0 Å². The number of nitro benzene ring substituents is 1. The Kier molecular flexibility index (Phi) is 6.43. The highest BCUT2D eigenvalue weighted by atomic mass is 16.6. The fourth-order valence-corrected chi connectivity index (χ4v) is 2.62. The fourth-order valence-electron chi connectivity index (χ4n) is 2.62. The number of nitro groups is 1. The van der Waals surface area contributed by atoms with E-state index in [1.165, 1.54) is 26.2 Å². The first-order chi connectivity index (χ1) is 12.4. The minimum Gasteiger partial charge on any atom is -0.488 e. The second kappa shape index (κ2) is 8.75. The molecule has 0 aliphatic carbocycles. The number of aryl methyl sites for hydroxylation is 1. The van der Waals surface area contributed by atoms with E-state index in [0.29, 0.717) is 12.8 Å². The van der Waals surface area contributed by atoms with Crippen molar-refractivity contribution < 1.29 is 24.0 Å². The minimum atomic E-state index is -0.698. The Labute approximate surface area is 150 Å². The van der Waals surface area contributed by atoms with Crippen LogP contribution in [0, 0.1) is 10.1 Å². The van der Waals surface area contributed by atoms with Gasteiger partial charge in [-0.2, -0.15) is 0 Å². The van der Waals surface area contributed by atoms with Crippen molar-refractivity contribution in [3.8, 4) is 11.5 Å². The number of benzene rings is 2. The largest absolute Gasteiger partial charge is 0.488 e. The lowest BCUT2D eigenvalue weighted by atomic mass is 10.0. The molecule has 26 heavy (non-hydrogen) atoms. The molecule has 0 fully saturated rings. The third-order valence-electron chi connectivity index (χ3n) is 3.75. The summed E-state index contributed by atoms with van der Waals surface area (Å²) in [4.78, 5) is 34.4. The Morgan fingerprint density at radius 1 is 1.12 bits per heavy atom. The zero-order chi connectivity index (χ0) is 19.1. The molecule has 2 rings (SSSR count). The number of Topliss-reactive ketones (excluding diaryl/α,β-unsaturated/α-hetero) is 1. The molecule has 2 aromatic rings. The number of esters is 1. The highest BCUT2D eigenvalue weighted by Gasteiger charge is 2.29. The number of carbonyl (C=O) groups excluding carboxylic acids is 2. The third-order valence-corrected chi connectivity index (χ3v) is 3.75. The van der Waals surface area contributed by atoms with Gasteiger partial charge in [-0.25, -0.2) is 0 Å². The van der Waals surface area contributed by atoms with Crippen molar-refractivity contribution in [2.24, 2.45) is 0 Å². The zero-order valence-electron chi connectivity index (χ0n) is 14.6. The molecule has 7 heteroatoms. The van der Waals surface area contributed by atoms with Gasteiger partial charge in [0.2, 0.25) is 5.75 Å². The lowest BCUT2D eigenvalue weighted by Gasteiger charge is -2.11. The molecule has 0 spiro atoms. The Morgan fingerprint density at radius 3 is 2.38 bits per heavy atom. The molecule has 0 radical (unpaired) electrons.